The van der Waals surface area contributed by atoms with Crippen LogP contribution in [0.15, 0.2) is 0 Å². The third-order valence-electron chi connectivity index (χ3n) is 3.75. The molecule has 0 spiro atoms. The van der Waals surface area contributed by atoms with Crippen LogP contribution in [-0.2, 0) is 14.6 Å². The molecule has 0 aliphatic carbocycles. The summed E-state index contributed by atoms with van der Waals surface area (Å²) in [5, 5.41) is 6.19. The number of nitrogens with one attached hydrogen (secondary N) is 2. The maximum Gasteiger partial charge on any atom is 0.221 e. The lowest BCUT2D eigenvalue weighted by atomic mass is 9.81. The van der Waals surface area contributed by atoms with E-state index in [9.17, 15) is 13.2 Å². The molecule has 0 radical (unpaired) electrons. The van der Waals surface area contributed by atoms with E-state index in [1.54, 1.807) is 0 Å². The minimum atomic E-state index is -3.11. The molecule has 0 aromatic heterocycles. The fraction of sp³-hybridized carbons (Fsp3) is 0.929. The first-order valence-electron chi connectivity index (χ1n) is 7.40. The van der Waals surface area contributed by atoms with Crippen LogP contribution in [0, 0.1) is 11.3 Å². The highest BCUT2D eigenvalue weighted by atomic mass is 35.5. The van der Waals surface area contributed by atoms with Crippen LogP contribution in [0.2, 0.25) is 0 Å². The van der Waals surface area contributed by atoms with E-state index in [0.717, 1.165) is 25.9 Å². The number of carbonyl (C=O) groups is 1. The van der Waals surface area contributed by atoms with Crippen LogP contribution >= 0.6 is 12.4 Å². The molecule has 0 atom stereocenters. The second-order valence-electron chi connectivity index (χ2n) is 6.60. The van der Waals surface area contributed by atoms with Gasteiger partial charge in [0.15, 0.2) is 9.84 Å². The molecule has 1 fully saturated rings. The van der Waals surface area contributed by atoms with Gasteiger partial charge >= 0.3 is 0 Å². The number of halogens is 1. The smallest absolute Gasteiger partial charge is 0.221 e. The number of hydrogen-bond donors (Lipinski definition) is 2. The Balaban J connectivity index is 0.00000400. The van der Waals surface area contributed by atoms with Crippen molar-refractivity contribution in [1.82, 2.24) is 10.6 Å². The van der Waals surface area contributed by atoms with Gasteiger partial charge in [-0.25, -0.2) is 8.42 Å². The normalized spacial score (nSPS) is 18.1. The molecule has 2 N–H and O–H groups in total. The average molecular weight is 341 g/mol. The first kappa shape index (κ1) is 20.7. The monoisotopic (exact) mass is 340 g/mol. The van der Waals surface area contributed by atoms with Gasteiger partial charge in [-0.1, -0.05) is 20.8 Å². The van der Waals surface area contributed by atoms with Crippen LogP contribution in [0.4, 0.5) is 0 Å². The van der Waals surface area contributed by atoms with Crippen molar-refractivity contribution in [2.45, 2.75) is 40.0 Å². The second-order valence-corrected chi connectivity index (χ2v) is 8.82. The molecule has 0 aromatic carbocycles. The molecule has 1 aliphatic rings. The summed E-state index contributed by atoms with van der Waals surface area (Å²) >= 11 is 0. The van der Waals surface area contributed by atoms with Crippen LogP contribution in [0.25, 0.3) is 0 Å². The van der Waals surface area contributed by atoms with Gasteiger partial charge in [0.05, 0.1) is 11.5 Å². The standard InChI is InChI=1S/C14H28N2O3S.ClH/c1-12(2)10-20(18,19)9-4-13(17)16-11-14(3)5-7-15-8-6-14;/h12,15H,4-11H2,1-3H3,(H,16,17);1H. The predicted octanol–water partition coefficient (Wildman–Crippen LogP) is 1.37. The van der Waals surface area contributed by atoms with E-state index in [1.807, 2.05) is 13.8 Å². The lowest BCUT2D eigenvalue weighted by Gasteiger charge is -2.34. The van der Waals surface area contributed by atoms with Gasteiger partial charge in [-0.05, 0) is 37.3 Å². The summed E-state index contributed by atoms with van der Waals surface area (Å²) in [5.74, 6) is 0.0627. The van der Waals surface area contributed by atoms with Crippen molar-refractivity contribution < 1.29 is 13.2 Å². The van der Waals surface area contributed by atoms with Crippen molar-refractivity contribution in [3.8, 4) is 0 Å². The zero-order valence-electron chi connectivity index (χ0n) is 13.3. The Morgan fingerprint density at radius 1 is 1.29 bits per heavy atom. The lowest BCUT2D eigenvalue weighted by molar-refractivity contribution is -0.121. The largest absolute Gasteiger partial charge is 0.356 e. The van der Waals surface area contributed by atoms with Crippen LogP contribution < -0.4 is 10.6 Å². The van der Waals surface area contributed by atoms with E-state index >= 15 is 0 Å². The zero-order valence-corrected chi connectivity index (χ0v) is 14.9. The number of rotatable bonds is 7. The van der Waals surface area contributed by atoms with E-state index in [0.29, 0.717) is 6.54 Å². The first-order chi connectivity index (χ1) is 9.22. The summed E-state index contributed by atoms with van der Waals surface area (Å²) in [6.07, 6.45) is 2.15. The SMILES string of the molecule is CC(C)CS(=O)(=O)CCC(=O)NCC1(C)CCNCC1.Cl. The first-order valence-corrected chi connectivity index (χ1v) is 9.22. The summed E-state index contributed by atoms with van der Waals surface area (Å²) in [7, 11) is -3.11. The summed E-state index contributed by atoms with van der Waals surface area (Å²) in [4.78, 5) is 11.8. The summed E-state index contributed by atoms with van der Waals surface area (Å²) in [6, 6.07) is 0. The Morgan fingerprint density at radius 3 is 2.38 bits per heavy atom. The molecule has 1 amide bonds. The fourth-order valence-electron chi connectivity index (χ4n) is 2.45. The Bertz CT molecular complexity index is 418. The Labute approximate surface area is 135 Å². The van der Waals surface area contributed by atoms with Crippen molar-refractivity contribution in [3.05, 3.63) is 0 Å². The molecule has 0 bridgehead atoms. The quantitative estimate of drug-likeness (QED) is 0.734. The molecular weight excluding hydrogens is 312 g/mol. The molecule has 7 heteroatoms. The highest BCUT2D eigenvalue weighted by Gasteiger charge is 2.27. The fourth-order valence-corrected chi connectivity index (χ4v) is 4.13. The topological polar surface area (TPSA) is 75.3 Å². The molecule has 1 aliphatic heterocycles. The van der Waals surface area contributed by atoms with Gasteiger partial charge in [-0.15, -0.1) is 12.4 Å². The van der Waals surface area contributed by atoms with Gasteiger partial charge < -0.3 is 10.6 Å². The van der Waals surface area contributed by atoms with Crippen molar-refractivity contribution in [2.24, 2.45) is 11.3 Å². The maximum absolute atomic E-state index is 11.8. The lowest BCUT2D eigenvalue weighted by Crippen LogP contribution is -2.43. The Kier molecular flexibility index (Phi) is 8.81. The summed E-state index contributed by atoms with van der Waals surface area (Å²) < 4.78 is 23.5. The zero-order chi connectivity index (χ0) is 15.2. The van der Waals surface area contributed by atoms with Crippen molar-refractivity contribution >= 4 is 28.2 Å². The highest BCUT2D eigenvalue weighted by molar-refractivity contribution is 7.91. The molecule has 1 rings (SSSR count). The molecule has 21 heavy (non-hydrogen) atoms. The van der Waals surface area contributed by atoms with Gasteiger partial charge in [-0.3, -0.25) is 4.79 Å². The molecule has 1 saturated heterocycles. The molecule has 0 saturated carbocycles. The predicted molar refractivity (Wildman–Crippen MR) is 88.6 cm³/mol. The van der Waals surface area contributed by atoms with Crippen molar-refractivity contribution in [3.63, 3.8) is 0 Å². The van der Waals surface area contributed by atoms with Gasteiger partial charge in [0, 0.05) is 13.0 Å². The number of sulfone groups is 1. The van der Waals surface area contributed by atoms with E-state index in [-0.39, 0.29) is 47.6 Å². The van der Waals surface area contributed by atoms with E-state index in [1.165, 1.54) is 0 Å². The molecule has 5 nitrogen and oxygen atoms in total. The average Bonchev–Trinajstić information content (AvgIpc) is 2.33. The minimum Gasteiger partial charge on any atom is -0.356 e. The molecule has 0 aromatic rings. The van der Waals surface area contributed by atoms with Gasteiger partial charge in [0.1, 0.15) is 0 Å². The Hall–Kier alpha value is -0.330. The molecule has 126 valence electrons. The summed E-state index contributed by atoms with van der Waals surface area (Å²) in [5.41, 5.74) is 0.137. The molecular formula is C14H29ClN2O3S. The number of piperidine rings is 1. The Morgan fingerprint density at radius 2 is 1.86 bits per heavy atom. The van der Waals surface area contributed by atoms with Crippen LogP contribution in [-0.4, -0.2) is 45.5 Å². The van der Waals surface area contributed by atoms with E-state index in [2.05, 4.69) is 17.6 Å². The van der Waals surface area contributed by atoms with Crippen molar-refractivity contribution in [2.75, 3.05) is 31.1 Å². The van der Waals surface area contributed by atoms with Gasteiger partial charge in [0.2, 0.25) is 5.91 Å². The molecule has 0 unspecified atom stereocenters. The minimum absolute atomic E-state index is 0. The van der Waals surface area contributed by atoms with Crippen LogP contribution in [0.1, 0.15) is 40.0 Å². The van der Waals surface area contributed by atoms with Gasteiger partial charge in [0.25, 0.3) is 0 Å². The number of amides is 1. The number of carbonyl (C=O) groups excluding carboxylic acids is 1. The third kappa shape index (κ3) is 8.63. The summed E-state index contributed by atoms with van der Waals surface area (Å²) in [6.45, 7) is 8.51. The van der Waals surface area contributed by atoms with E-state index in [4.69, 9.17) is 0 Å². The third-order valence-corrected chi connectivity index (χ3v) is 5.75. The second kappa shape index (κ2) is 8.96. The highest BCUT2D eigenvalue weighted by Crippen LogP contribution is 2.26. The van der Waals surface area contributed by atoms with Crippen LogP contribution in [0.3, 0.4) is 0 Å². The number of hydrogen-bond acceptors (Lipinski definition) is 4. The van der Waals surface area contributed by atoms with E-state index < -0.39 is 9.84 Å². The van der Waals surface area contributed by atoms with Gasteiger partial charge in [-0.2, -0.15) is 0 Å². The van der Waals surface area contributed by atoms with Crippen LogP contribution in [0.5, 0.6) is 0 Å². The molecule has 1 heterocycles. The maximum atomic E-state index is 11.8. The van der Waals surface area contributed by atoms with Crippen molar-refractivity contribution in [1.29, 1.82) is 0 Å².